The van der Waals surface area contributed by atoms with Crippen LogP contribution in [-0.4, -0.2) is 23.7 Å². The van der Waals surface area contributed by atoms with Gasteiger partial charge < -0.3 is 13.9 Å². The molecule has 0 fully saturated rings. The monoisotopic (exact) mass is 659 g/mol. The van der Waals surface area contributed by atoms with E-state index in [2.05, 4.69) is 12.1 Å². The summed E-state index contributed by atoms with van der Waals surface area (Å²) in [6, 6.07) is 19.5. The van der Waals surface area contributed by atoms with E-state index in [1.54, 1.807) is 37.0 Å². The number of nitro benzene ring substituents is 1. The van der Waals surface area contributed by atoms with Crippen molar-refractivity contribution in [2.24, 2.45) is 4.99 Å². The third-order valence-electron chi connectivity index (χ3n) is 8.00. The van der Waals surface area contributed by atoms with Gasteiger partial charge in [0.1, 0.15) is 16.5 Å². The molecule has 2 aliphatic rings. The van der Waals surface area contributed by atoms with Crippen LogP contribution in [-0.2, 0) is 6.42 Å². The Bertz CT molecular complexity index is 2250. The molecule has 3 heterocycles. The number of halogens is 2. The second kappa shape index (κ2) is 11.4. The van der Waals surface area contributed by atoms with Gasteiger partial charge in [0.15, 0.2) is 16.3 Å². The highest BCUT2D eigenvalue weighted by atomic mass is 35.5. The fourth-order valence-corrected chi connectivity index (χ4v) is 7.38. The van der Waals surface area contributed by atoms with Crippen LogP contribution in [0.2, 0.25) is 10.0 Å². The van der Waals surface area contributed by atoms with E-state index in [1.165, 1.54) is 29.0 Å². The zero-order chi connectivity index (χ0) is 31.4. The molecule has 0 unspecified atom stereocenters. The number of nitro groups is 1. The van der Waals surface area contributed by atoms with Gasteiger partial charge in [0.25, 0.3) is 11.2 Å². The van der Waals surface area contributed by atoms with Crippen molar-refractivity contribution in [3.63, 3.8) is 0 Å². The number of hydrogen-bond donors (Lipinski definition) is 0. The van der Waals surface area contributed by atoms with Crippen LogP contribution in [0.15, 0.2) is 86.5 Å². The summed E-state index contributed by atoms with van der Waals surface area (Å²) >= 11 is 13.7. The fraction of sp³-hybridized carbons (Fsp3) is 0.152. The Morgan fingerprint density at radius 1 is 1.00 bits per heavy atom. The highest BCUT2D eigenvalue weighted by Crippen LogP contribution is 2.43. The van der Waals surface area contributed by atoms with Crippen molar-refractivity contribution < 1.29 is 18.8 Å². The third-order valence-corrected chi connectivity index (χ3v) is 9.59. The maximum absolute atomic E-state index is 14.1. The van der Waals surface area contributed by atoms with Gasteiger partial charge in [-0.1, -0.05) is 64.9 Å². The number of aryl methyl sites for hydroxylation is 1. The predicted octanol–water partition coefficient (Wildman–Crippen LogP) is 6.81. The summed E-state index contributed by atoms with van der Waals surface area (Å²) in [5.41, 5.74) is 5.00. The van der Waals surface area contributed by atoms with Gasteiger partial charge in [-0.3, -0.25) is 19.5 Å². The van der Waals surface area contributed by atoms with Gasteiger partial charge in [0, 0.05) is 23.3 Å². The largest absolute Gasteiger partial charge is 0.493 e. The first kappa shape index (κ1) is 29.1. The van der Waals surface area contributed by atoms with Gasteiger partial charge in [-0.05, 0) is 59.9 Å². The summed E-state index contributed by atoms with van der Waals surface area (Å²) in [6.07, 6.45) is 3.25. The van der Waals surface area contributed by atoms with Crippen molar-refractivity contribution in [3.8, 4) is 22.8 Å². The van der Waals surface area contributed by atoms with E-state index in [0.29, 0.717) is 37.9 Å². The number of ether oxygens (including phenoxy) is 2. The molecule has 5 aromatic rings. The molecule has 45 heavy (non-hydrogen) atoms. The van der Waals surface area contributed by atoms with E-state index in [4.69, 9.17) is 42.1 Å². The molecule has 2 aromatic heterocycles. The number of aromatic nitrogens is 1. The zero-order valence-corrected chi connectivity index (χ0v) is 26.2. The highest BCUT2D eigenvalue weighted by Gasteiger charge is 2.33. The van der Waals surface area contributed by atoms with Crippen molar-refractivity contribution in [2.75, 3.05) is 14.2 Å². The quantitative estimate of drug-likeness (QED) is 0.146. The summed E-state index contributed by atoms with van der Waals surface area (Å²) in [5.74, 6) is 1.92. The normalized spacial score (nSPS) is 15.6. The van der Waals surface area contributed by atoms with Crippen molar-refractivity contribution in [1.82, 2.24) is 4.57 Å². The van der Waals surface area contributed by atoms with Crippen LogP contribution < -0.4 is 24.4 Å². The fourth-order valence-electron chi connectivity index (χ4n) is 5.91. The lowest BCUT2D eigenvalue weighted by Crippen LogP contribution is -2.38. The van der Waals surface area contributed by atoms with Gasteiger partial charge in [0.05, 0.1) is 40.4 Å². The highest BCUT2D eigenvalue weighted by molar-refractivity contribution is 7.07. The molecule has 226 valence electrons. The van der Waals surface area contributed by atoms with E-state index in [0.717, 1.165) is 35.2 Å². The number of thiazole rings is 1. The predicted molar refractivity (Wildman–Crippen MR) is 173 cm³/mol. The molecule has 0 saturated heterocycles. The lowest BCUT2D eigenvalue weighted by molar-refractivity contribution is -0.384. The number of rotatable bonds is 6. The van der Waals surface area contributed by atoms with Crippen LogP contribution in [0.4, 0.5) is 5.69 Å². The Balaban J connectivity index is 1.38. The Hall–Kier alpha value is -4.64. The van der Waals surface area contributed by atoms with Crippen LogP contribution >= 0.6 is 34.5 Å². The molecule has 1 aliphatic heterocycles. The summed E-state index contributed by atoms with van der Waals surface area (Å²) in [6.45, 7) is 0. The molecule has 9 nitrogen and oxygen atoms in total. The average Bonchev–Trinajstić information content (AvgIpc) is 3.64. The first-order chi connectivity index (χ1) is 21.8. The minimum Gasteiger partial charge on any atom is -0.493 e. The van der Waals surface area contributed by atoms with E-state index in [9.17, 15) is 14.9 Å². The molecule has 1 atom stereocenters. The van der Waals surface area contributed by atoms with E-state index >= 15 is 0 Å². The zero-order valence-electron chi connectivity index (χ0n) is 23.9. The molecule has 12 heteroatoms. The molecule has 1 aliphatic carbocycles. The summed E-state index contributed by atoms with van der Waals surface area (Å²) < 4.78 is 19.3. The molecule has 0 amide bonds. The number of nitrogens with zero attached hydrogens (tertiary/aromatic N) is 3. The maximum atomic E-state index is 14.1. The molecule has 3 aromatic carbocycles. The Kier molecular flexibility index (Phi) is 7.35. The van der Waals surface area contributed by atoms with Gasteiger partial charge in [-0.25, -0.2) is 4.99 Å². The lowest BCUT2D eigenvalue weighted by Gasteiger charge is -2.31. The molecular weight excluding hydrogens is 637 g/mol. The molecule has 0 saturated carbocycles. The lowest BCUT2D eigenvalue weighted by atomic mass is 9.83. The standard InChI is InChI=1S/C33H23Cl2N3O6S/c1-42-27-11-8-18(13-28(27)43-2)31-21-10-7-17-5-3-4-6-20(17)30(21)36-33-37(31)32(39)29(45-33)14-19-9-12-26(44-19)22-15-24(35)25(38(40)41)16-23(22)34/h3-6,8-9,11-16,31H,7,10H2,1-2H3/b29-14-/t31-/m1/s1. The topological polar surface area (TPSA) is 109 Å². The number of benzene rings is 3. The minimum atomic E-state index is -0.600. The number of hydrogen-bond acceptors (Lipinski definition) is 8. The van der Waals surface area contributed by atoms with Gasteiger partial charge in [-0.15, -0.1) is 0 Å². The molecular formula is C33H23Cl2N3O6S. The minimum absolute atomic E-state index is 0.0636. The Labute approximate surface area is 270 Å². The first-order valence-corrected chi connectivity index (χ1v) is 15.4. The van der Waals surface area contributed by atoms with E-state index in [1.807, 2.05) is 30.3 Å². The SMILES string of the molecule is COc1ccc([C@@H]2C3=C(N=c4s/c(=C\c5ccc(-c6cc(Cl)c([N+](=O)[O-])cc6Cl)o5)c(=O)n42)c2ccccc2CC3)cc1OC. The Morgan fingerprint density at radius 3 is 2.58 bits per heavy atom. The smallest absolute Gasteiger partial charge is 0.289 e. The second-order valence-electron chi connectivity index (χ2n) is 10.5. The van der Waals surface area contributed by atoms with Crippen LogP contribution in [0.1, 0.15) is 34.9 Å². The van der Waals surface area contributed by atoms with Crippen LogP contribution in [0.3, 0.4) is 0 Å². The van der Waals surface area contributed by atoms with Crippen LogP contribution in [0, 0.1) is 10.1 Å². The van der Waals surface area contributed by atoms with Gasteiger partial charge in [-0.2, -0.15) is 0 Å². The first-order valence-electron chi connectivity index (χ1n) is 13.9. The number of fused-ring (bicyclic) bond motifs is 3. The summed E-state index contributed by atoms with van der Waals surface area (Å²) in [5, 5.41) is 11.3. The molecule has 0 bridgehead atoms. The van der Waals surface area contributed by atoms with Gasteiger partial charge in [0.2, 0.25) is 0 Å². The second-order valence-corrected chi connectivity index (χ2v) is 12.3. The number of allylic oxidation sites excluding steroid dienone is 1. The van der Waals surface area contributed by atoms with Crippen LogP contribution in [0.5, 0.6) is 11.5 Å². The van der Waals surface area contributed by atoms with Crippen molar-refractivity contribution in [3.05, 3.63) is 135 Å². The summed E-state index contributed by atoms with van der Waals surface area (Å²) in [4.78, 5) is 30.4. The van der Waals surface area contributed by atoms with E-state index < -0.39 is 11.0 Å². The number of methoxy groups -OCH3 is 2. The molecule has 0 N–H and O–H groups in total. The molecule has 0 radical (unpaired) electrons. The van der Waals surface area contributed by atoms with Crippen molar-refractivity contribution in [2.45, 2.75) is 18.9 Å². The van der Waals surface area contributed by atoms with Gasteiger partial charge >= 0.3 is 0 Å². The third kappa shape index (κ3) is 4.95. The average molecular weight is 661 g/mol. The molecule has 7 rings (SSSR count). The van der Waals surface area contributed by atoms with Crippen molar-refractivity contribution in [1.29, 1.82) is 0 Å². The maximum Gasteiger partial charge on any atom is 0.289 e. The van der Waals surface area contributed by atoms with Crippen molar-refractivity contribution >= 4 is 52.0 Å². The summed E-state index contributed by atoms with van der Waals surface area (Å²) in [7, 11) is 3.17. The Morgan fingerprint density at radius 2 is 1.80 bits per heavy atom. The van der Waals surface area contributed by atoms with Crippen LogP contribution in [0.25, 0.3) is 23.1 Å². The van der Waals surface area contributed by atoms with E-state index in [-0.39, 0.29) is 21.3 Å². The number of furan rings is 1. The molecule has 0 spiro atoms.